The standard InChI is InChI=1S/C8H9O5P/c9-7-5-3-1-2-4-6(5)8(13-7)14(10,11)12/h1-4,8,10-12,14H. The molecule has 76 valence electrons. The van der Waals surface area contributed by atoms with Crippen LogP contribution in [0.4, 0.5) is 0 Å². The first-order valence-corrected chi connectivity index (χ1v) is 5.89. The van der Waals surface area contributed by atoms with Gasteiger partial charge in [-0.05, 0) is 0 Å². The van der Waals surface area contributed by atoms with E-state index in [4.69, 9.17) is 14.7 Å². The van der Waals surface area contributed by atoms with E-state index in [9.17, 15) is 4.79 Å². The van der Waals surface area contributed by atoms with Gasteiger partial charge in [0, 0.05) is 0 Å². The van der Waals surface area contributed by atoms with Gasteiger partial charge in [0.05, 0.1) is 0 Å². The average molecular weight is 216 g/mol. The van der Waals surface area contributed by atoms with Crippen LogP contribution in [0.5, 0.6) is 0 Å². The van der Waals surface area contributed by atoms with Crippen LogP contribution in [0.2, 0.25) is 0 Å². The van der Waals surface area contributed by atoms with Crippen molar-refractivity contribution in [3.8, 4) is 0 Å². The van der Waals surface area contributed by atoms with Crippen LogP contribution in [-0.2, 0) is 4.74 Å². The topological polar surface area (TPSA) is 87.0 Å². The maximum absolute atomic E-state index is 11.2. The van der Waals surface area contributed by atoms with Crippen molar-refractivity contribution in [3.63, 3.8) is 0 Å². The molecule has 1 unspecified atom stereocenters. The second-order valence-electron chi connectivity index (χ2n) is 3.06. The van der Waals surface area contributed by atoms with Crippen molar-refractivity contribution in [3.05, 3.63) is 35.4 Å². The van der Waals surface area contributed by atoms with Crippen molar-refractivity contribution in [1.29, 1.82) is 0 Å². The quantitative estimate of drug-likeness (QED) is 0.465. The second kappa shape index (κ2) is 3.00. The van der Waals surface area contributed by atoms with Crippen LogP contribution in [0.25, 0.3) is 0 Å². The zero-order valence-electron chi connectivity index (χ0n) is 7.04. The van der Waals surface area contributed by atoms with Gasteiger partial charge in [-0.25, -0.2) is 0 Å². The Balaban J connectivity index is 2.50. The predicted molar refractivity (Wildman–Crippen MR) is 49.6 cm³/mol. The molecule has 0 radical (unpaired) electrons. The summed E-state index contributed by atoms with van der Waals surface area (Å²) in [5.41, 5.74) is 0.600. The summed E-state index contributed by atoms with van der Waals surface area (Å²) in [6.45, 7) is 0. The summed E-state index contributed by atoms with van der Waals surface area (Å²) in [6.07, 6.45) is 0. The Bertz CT molecular complexity index is 384. The number of ether oxygens (including phenoxy) is 1. The molecule has 5 nitrogen and oxygen atoms in total. The maximum atomic E-state index is 11.2. The van der Waals surface area contributed by atoms with Crippen molar-refractivity contribution in [1.82, 2.24) is 0 Å². The summed E-state index contributed by atoms with van der Waals surface area (Å²) in [5.74, 6) is -1.94. The monoisotopic (exact) mass is 216 g/mol. The first-order valence-electron chi connectivity index (χ1n) is 3.97. The molecule has 1 aromatic carbocycles. The average Bonchev–Trinajstić information content (AvgIpc) is 2.44. The van der Waals surface area contributed by atoms with E-state index >= 15 is 0 Å². The van der Waals surface area contributed by atoms with E-state index in [-0.39, 0.29) is 5.56 Å². The number of rotatable bonds is 1. The van der Waals surface area contributed by atoms with Crippen LogP contribution in [0.1, 0.15) is 21.8 Å². The molecule has 0 amide bonds. The van der Waals surface area contributed by atoms with Gasteiger partial charge in [0.15, 0.2) is 0 Å². The molecular weight excluding hydrogens is 207 g/mol. The molecule has 1 aromatic rings. The van der Waals surface area contributed by atoms with Crippen LogP contribution in [0, 0.1) is 0 Å². The molecule has 0 aromatic heterocycles. The Morgan fingerprint density at radius 1 is 1.21 bits per heavy atom. The summed E-state index contributed by atoms with van der Waals surface area (Å²) >= 11 is 0. The Hall–Kier alpha value is -1.00. The van der Waals surface area contributed by atoms with E-state index in [0.29, 0.717) is 5.56 Å². The zero-order valence-corrected chi connectivity index (χ0v) is 8.04. The van der Waals surface area contributed by atoms with E-state index in [1.165, 1.54) is 12.1 Å². The molecule has 0 spiro atoms. The SMILES string of the molecule is O=C1OC([PH](O)(O)O)c2ccccc21. The Morgan fingerprint density at radius 2 is 1.86 bits per heavy atom. The van der Waals surface area contributed by atoms with Gasteiger partial charge in [-0.1, -0.05) is 0 Å². The van der Waals surface area contributed by atoms with Crippen LogP contribution >= 0.6 is 7.94 Å². The summed E-state index contributed by atoms with van der Waals surface area (Å²) in [5, 5.41) is 0. The molecule has 1 atom stereocenters. The van der Waals surface area contributed by atoms with Crippen LogP contribution < -0.4 is 0 Å². The summed E-state index contributed by atoms with van der Waals surface area (Å²) < 4.78 is 4.67. The molecule has 0 saturated carbocycles. The van der Waals surface area contributed by atoms with E-state index in [2.05, 4.69) is 4.74 Å². The number of carbonyl (C=O) groups excluding carboxylic acids is 1. The normalized spacial score (nSPS) is 21.6. The predicted octanol–water partition coefficient (Wildman–Crippen LogP) is 0.327. The number of cyclic esters (lactones) is 1. The van der Waals surface area contributed by atoms with E-state index in [1.54, 1.807) is 12.1 Å². The molecule has 0 bridgehead atoms. The van der Waals surface area contributed by atoms with Crippen molar-refractivity contribution in [2.24, 2.45) is 0 Å². The van der Waals surface area contributed by atoms with E-state index in [1.807, 2.05) is 0 Å². The fraction of sp³-hybridized carbons (Fsp3) is 0.125. The molecule has 0 aliphatic carbocycles. The number of fused-ring (bicyclic) bond motifs is 1. The molecule has 1 heterocycles. The third kappa shape index (κ3) is 1.40. The number of hydrogen-bond acceptors (Lipinski definition) is 5. The Morgan fingerprint density at radius 3 is 2.50 bits per heavy atom. The molecular formula is C8H9O5P. The molecule has 3 N–H and O–H groups in total. The summed E-state index contributed by atoms with van der Waals surface area (Å²) in [4.78, 5) is 38.4. The van der Waals surface area contributed by atoms with E-state index in [0.717, 1.165) is 0 Å². The Labute approximate surface area is 80.2 Å². The van der Waals surface area contributed by atoms with Crippen molar-refractivity contribution in [2.75, 3.05) is 0 Å². The van der Waals surface area contributed by atoms with Gasteiger partial charge in [-0.3, -0.25) is 0 Å². The van der Waals surface area contributed by atoms with Crippen LogP contribution in [0.15, 0.2) is 24.3 Å². The number of esters is 1. The third-order valence-corrected chi connectivity index (χ3v) is 3.17. The van der Waals surface area contributed by atoms with Gasteiger partial charge in [-0.2, -0.15) is 0 Å². The molecule has 0 saturated heterocycles. The molecule has 6 heteroatoms. The van der Waals surface area contributed by atoms with Crippen LogP contribution in [-0.4, -0.2) is 20.6 Å². The van der Waals surface area contributed by atoms with Gasteiger partial charge in [0.1, 0.15) is 0 Å². The number of hydrogen-bond donors (Lipinski definition) is 3. The fourth-order valence-corrected chi connectivity index (χ4v) is 2.37. The molecule has 14 heavy (non-hydrogen) atoms. The summed E-state index contributed by atoms with van der Waals surface area (Å²) in [6, 6.07) is 6.30. The van der Waals surface area contributed by atoms with Gasteiger partial charge in [-0.15, -0.1) is 0 Å². The second-order valence-corrected chi connectivity index (χ2v) is 4.96. The minimum atomic E-state index is -4.46. The molecule has 0 fully saturated rings. The fourth-order valence-electron chi connectivity index (χ4n) is 1.43. The van der Waals surface area contributed by atoms with Gasteiger partial charge in [0.25, 0.3) is 0 Å². The molecule has 1 aliphatic heterocycles. The van der Waals surface area contributed by atoms with Crippen molar-refractivity contribution >= 4 is 13.9 Å². The first kappa shape index (κ1) is 9.55. The summed E-state index contributed by atoms with van der Waals surface area (Å²) in [7, 11) is -4.46. The van der Waals surface area contributed by atoms with Crippen molar-refractivity contribution < 1.29 is 24.2 Å². The third-order valence-electron chi connectivity index (χ3n) is 2.04. The number of carbonyl (C=O) groups is 1. The van der Waals surface area contributed by atoms with Gasteiger partial charge >= 0.3 is 79.4 Å². The van der Waals surface area contributed by atoms with Crippen LogP contribution in [0.3, 0.4) is 0 Å². The van der Waals surface area contributed by atoms with E-state index < -0.39 is 19.8 Å². The van der Waals surface area contributed by atoms with Gasteiger partial charge < -0.3 is 0 Å². The van der Waals surface area contributed by atoms with Crippen molar-refractivity contribution in [2.45, 2.75) is 5.85 Å². The minimum absolute atomic E-state index is 0.270. The molecule has 1 aliphatic rings. The first-order chi connectivity index (χ1) is 6.50. The number of benzene rings is 1. The molecule has 2 rings (SSSR count). The Kier molecular flexibility index (Phi) is 2.05. The van der Waals surface area contributed by atoms with Gasteiger partial charge in [0.2, 0.25) is 0 Å². The zero-order chi connectivity index (χ0) is 10.3.